The van der Waals surface area contributed by atoms with E-state index in [1.807, 2.05) is 41.3 Å². The zero-order valence-electron chi connectivity index (χ0n) is 15.5. The van der Waals surface area contributed by atoms with Gasteiger partial charge >= 0.3 is 5.97 Å². The fourth-order valence-corrected chi connectivity index (χ4v) is 3.12. The van der Waals surface area contributed by atoms with Gasteiger partial charge in [-0.2, -0.15) is 0 Å². The molecule has 2 rings (SSSR count). The Morgan fingerprint density at radius 2 is 1.96 bits per heavy atom. The molecular weight excluding hydrogens is 342 g/mol. The molecular formula is C22H27NO4. The molecule has 0 spiro atoms. The van der Waals surface area contributed by atoms with Crippen LogP contribution in [-0.2, 0) is 9.59 Å². The molecule has 0 aliphatic carbocycles. The second-order valence-corrected chi connectivity index (χ2v) is 6.72. The van der Waals surface area contributed by atoms with Crippen molar-refractivity contribution >= 4 is 11.9 Å². The van der Waals surface area contributed by atoms with Crippen LogP contribution in [0.2, 0.25) is 0 Å². The van der Waals surface area contributed by atoms with Crippen molar-refractivity contribution in [1.29, 1.82) is 0 Å². The van der Waals surface area contributed by atoms with Gasteiger partial charge in [-0.15, -0.1) is 0 Å². The zero-order chi connectivity index (χ0) is 19.5. The van der Waals surface area contributed by atoms with E-state index >= 15 is 0 Å². The highest BCUT2D eigenvalue weighted by Crippen LogP contribution is 2.21. The Labute approximate surface area is 160 Å². The van der Waals surface area contributed by atoms with Crippen LogP contribution in [0, 0.1) is 11.8 Å². The number of rotatable bonds is 9. The average Bonchev–Trinajstić information content (AvgIpc) is 3.01. The Kier molecular flexibility index (Phi) is 8.60. The molecule has 0 unspecified atom stereocenters. The first kappa shape index (κ1) is 20.7. The summed E-state index contributed by atoms with van der Waals surface area (Å²) in [6, 6.07) is 9.49. The van der Waals surface area contributed by atoms with Gasteiger partial charge in [-0.25, -0.2) is 0 Å². The van der Waals surface area contributed by atoms with Gasteiger partial charge in [0, 0.05) is 24.9 Å². The van der Waals surface area contributed by atoms with E-state index in [1.165, 1.54) is 0 Å². The topological polar surface area (TPSA) is 77.8 Å². The maximum atomic E-state index is 12.1. The highest BCUT2D eigenvalue weighted by molar-refractivity contribution is 5.79. The molecule has 0 saturated carbocycles. The van der Waals surface area contributed by atoms with E-state index in [0.29, 0.717) is 19.4 Å². The van der Waals surface area contributed by atoms with Crippen LogP contribution in [0.25, 0.3) is 0 Å². The molecule has 0 radical (unpaired) electrons. The first-order valence-electron chi connectivity index (χ1n) is 9.50. The van der Waals surface area contributed by atoms with Crippen LogP contribution in [0.4, 0.5) is 0 Å². The fraction of sp³-hybridized carbons (Fsp3) is 0.455. The van der Waals surface area contributed by atoms with Crippen molar-refractivity contribution < 1.29 is 19.8 Å². The monoisotopic (exact) mass is 369 g/mol. The number of aliphatic carboxylic acids is 1. The highest BCUT2D eigenvalue weighted by atomic mass is 16.4. The quantitative estimate of drug-likeness (QED) is 0.398. The highest BCUT2D eigenvalue weighted by Gasteiger charge is 2.28. The van der Waals surface area contributed by atoms with Crippen LogP contribution in [0.1, 0.15) is 50.5 Å². The van der Waals surface area contributed by atoms with E-state index in [9.17, 15) is 14.7 Å². The third-order valence-corrected chi connectivity index (χ3v) is 4.57. The second-order valence-electron chi connectivity index (χ2n) is 6.72. The average molecular weight is 369 g/mol. The number of aliphatic hydroxyl groups is 1. The second kappa shape index (κ2) is 11.2. The molecule has 1 heterocycles. The predicted molar refractivity (Wildman–Crippen MR) is 104 cm³/mol. The van der Waals surface area contributed by atoms with E-state index in [2.05, 4.69) is 11.8 Å². The van der Waals surface area contributed by atoms with Gasteiger partial charge in [-0.3, -0.25) is 9.59 Å². The number of likely N-dealkylation sites (tertiary alicyclic amines) is 1. The molecule has 2 N–H and O–H groups in total. The van der Waals surface area contributed by atoms with E-state index in [-0.39, 0.29) is 18.4 Å². The summed E-state index contributed by atoms with van der Waals surface area (Å²) in [4.78, 5) is 24.4. The van der Waals surface area contributed by atoms with Gasteiger partial charge in [-0.1, -0.05) is 49.0 Å². The molecule has 144 valence electrons. The number of benzene rings is 1. The lowest BCUT2D eigenvalue weighted by Crippen LogP contribution is -2.32. The smallest absolute Gasteiger partial charge is 0.303 e. The standard InChI is InChI=1S/C22H27NO4/c24-20(14-11-18-8-4-3-5-9-18)15-12-19-13-16-21(25)23(19)17-7-2-1-6-10-22(26)27/h3-5,8-9,12,15,19-20,24H,1-2,6-7,10,13,16-17H2,(H,26,27)/b15-12+/t19-,20+/m0/s1. The minimum absolute atomic E-state index is 0.00435. The summed E-state index contributed by atoms with van der Waals surface area (Å²) in [5.74, 6) is 5.10. The minimum Gasteiger partial charge on any atom is -0.481 e. The lowest BCUT2D eigenvalue weighted by atomic mass is 10.1. The molecule has 1 aliphatic rings. The number of hydrogen-bond donors (Lipinski definition) is 2. The van der Waals surface area contributed by atoms with Gasteiger partial charge in [0.15, 0.2) is 0 Å². The fourth-order valence-electron chi connectivity index (χ4n) is 3.12. The minimum atomic E-state index is -0.862. The summed E-state index contributed by atoms with van der Waals surface area (Å²) in [6.07, 6.45) is 7.48. The molecule has 1 saturated heterocycles. The molecule has 1 aliphatic heterocycles. The molecule has 1 aromatic carbocycles. The van der Waals surface area contributed by atoms with Crippen molar-refractivity contribution in [3.8, 4) is 11.8 Å². The van der Waals surface area contributed by atoms with Crippen LogP contribution in [0.5, 0.6) is 0 Å². The third-order valence-electron chi connectivity index (χ3n) is 4.57. The van der Waals surface area contributed by atoms with Crippen molar-refractivity contribution in [2.45, 2.75) is 57.1 Å². The summed E-state index contributed by atoms with van der Waals surface area (Å²) in [6.45, 7) is 0.673. The maximum absolute atomic E-state index is 12.1. The van der Waals surface area contributed by atoms with E-state index in [1.54, 1.807) is 6.08 Å². The van der Waals surface area contributed by atoms with Gasteiger partial charge < -0.3 is 15.1 Å². The molecule has 1 amide bonds. The van der Waals surface area contributed by atoms with Crippen LogP contribution in [-0.4, -0.2) is 45.7 Å². The van der Waals surface area contributed by atoms with Gasteiger partial charge in [0.25, 0.3) is 0 Å². The summed E-state index contributed by atoms with van der Waals surface area (Å²) < 4.78 is 0. The first-order chi connectivity index (χ1) is 13.1. The van der Waals surface area contributed by atoms with E-state index in [0.717, 1.165) is 31.2 Å². The SMILES string of the molecule is O=C(O)CCCCCCN1C(=O)CC[C@@H]1/C=C/[C@H](O)C#Cc1ccccc1. The van der Waals surface area contributed by atoms with Gasteiger partial charge in [0.2, 0.25) is 5.91 Å². The van der Waals surface area contributed by atoms with Crippen molar-refractivity contribution in [1.82, 2.24) is 4.90 Å². The Balaban J connectivity index is 1.78. The molecule has 1 fully saturated rings. The van der Waals surface area contributed by atoms with Crippen molar-refractivity contribution in [3.05, 3.63) is 48.0 Å². The zero-order valence-corrected chi connectivity index (χ0v) is 15.5. The van der Waals surface area contributed by atoms with Gasteiger partial charge in [-0.05, 0) is 37.5 Å². The third kappa shape index (κ3) is 7.67. The van der Waals surface area contributed by atoms with Crippen molar-refractivity contribution in [2.75, 3.05) is 6.54 Å². The van der Waals surface area contributed by atoms with Crippen LogP contribution in [0.3, 0.4) is 0 Å². The van der Waals surface area contributed by atoms with Crippen LogP contribution >= 0.6 is 0 Å². The Bertz CT molecular complexity index is 702. The van der Waals surface area contributed by atoms with Gasteiger partial charge in [0.05, 0.1) is 6.04 Å². The molecule has 5 heteroatoms. The number of carbonyl (C=O) groups is 2. The first-order valence-corrected chi connectivity index (χ1v) is 9.50. The number of carboxylic acid groups (broad SMARTS) is 1. The lowest BCUT2D eigenvalue weighted by Gasteiger charge is -2.22. The number of carboxylic acids is 1. The molecule has 1 aromatic rings. The largest absolute Gasteiger partial charge is 0.481 e. The Morgan fingerprint density at radius 3 is 2.70 bits per heavy atom. The number of carbonyl (C=O) groups excluding carboxylic acids is 1. The maximum Gasteiger partial charge on any atom is 0.303 e. The lowest BCUT2D eigenvalue weighted by molar-refractivity contribution is -0.137. The number of aliphatic hydroxyl groups excluding tert-OH is 1. The Hall–Kier alpha value is -2.58. The normalized spacial score (nSPS) is 17.7. The number of nitrogens with zero attached hydrogens (tertiary/aromatic N) is 1. The van der Waals surface area contributed by atoms with Crippen molar-refractivity contribution in [2.24, 2.45) is 0 Å². The molecule has 27 heavy (non-hydrogen) atoms. The van der Waals surface area contributed by atoms with E-state index in [4.69, 9.17) is 5.11 Å². The number of amides is 1. The summed E-state index contributed by atoms with van der Waals surface area (Å²) in [7, 11) is 0. The molecule has 0 aromatic heterocycles. The predicted octanol–water partition coefficient (Wildman–Crippen LogP) is 2.98. The molecule has 0 bridgehead atoms. The summed E-state index contributed by atoms with van der Waals surface area (Å²) >= 11 is 0. The molecule has 2 atom stereocenters. The van der Waals surface area contributed by atoms with Gasteiger partial charge in [0.1, 0.15) is 6.10 Å². The van der Waals surface area contributed by atoms with E-state index < -0.39 is 12.1 Å². The molecule has 5 nitrogen and oxygen atoms in total. The Morgan fingerprint density at radius 1 is 1.22 bits per heavy atom. The summed E-state index contributed by atoms with van der Waals surface area (Å²) in [5.41, 5.74) is 0.852. The number of hydrogen-bond acceptors (Lipinski definition) is 3. The number of unbranched alkanes of at least 4 members (excludes halogenated alkanes) is 3. The van der Waals surface area contributed by atoms with Crippen LogP contribution < -0.4 is 0 Å². The van der Waals surface area contributed by atoms with Crippen LogP contribution in [0.15, 0.2) is 42.5 Å². The summed E-state index contributed by atoms with van der Waals surface area (Å²) in [5, 5.41) is 18.7. The van der Waals surface area contributed by atoms with Crippen molar-refractivity contribution in [3.63, 3.8) is 0 Å².